The molecule has 9 nitrogen and oxygen atoms in total. The minimum atomic E-state index is -0.701. The van der Waals surface area contributed by atoms with Crippen LogP contribution in [0.25, 0.3) is 22.4 Å². The van der Waals surface area contributed by atoms with Crippen LogP contribution in [0.2, 0.25) is 10.0 Å². The summed E-state index contributed by atoms with van der Waals surface area (Å²) < 4.78 is 7.87. The van der Waals surface area contributed by atoms with Crippen LogP contribution >= 0.6 is 23.2 Å². The van der Waals surface area contributed by atoms with E-state index >= 15 is 0 Å². The number of benzene rings is 2. The molecule has 6 rings (SSSR count). The fraction of sp³-hybridized carbons (Fsp3) is 0.312. The van der Waals surface area contributed by atoms with Crippen molar-refractivity contribution in [2.45, 2.75) is 31.7 Å². The van der Waals surface area contributed by atoms with E-state index in [1.165, 1.54) is 48.8 Å². The summed E-state index contributed by atoms with van der Waals surface area (Å²) in [6, 6.07) is 13.3. The first-order chi connectivity index (χ1) is 20.7. The number of rotatable bonds is 6. The van der Waals surface area contributed by atoms with Crippen molar-refractivity contribution in [1.82, 2.24) is 19.0 Å². The summed E-state index contributed by atoms with van der Waals surface area (Å²) in [5.41, 5.74) is 4.01. The van der Waals surface area contributed by atoms with Gasteiger partial charge in [-0.2, -0.15) is 0 Å². The van der Waals surface area contributed by atoms with Gasteiger partial charge in [0, 0.05) is 48.6 Å². The van der Waals surface area contributed by atoms with Crippen LogP contribution in [0.4, 0.5) is 5.69 Å². The minimum absolute atomic E-state index is 0.185. The summed E-state index contributed by atoms with van der Waals surface area (Å²) in [6.45, 7) is 2.20. The zero-order valence-electron chi connectivity index (χ0n) is 24.1. The number of methoxy groups -OCH3 is 1. The van der Waals surface area contributed by atoms with Crippen LogP contribution in [0.1, 0.15) is 46.8 Å². The Kier molecular flexibility index (Phi) is 7.89. The number of hydrogen-bond acceptors (Lipinski definition) is 6. The number of aryl methyl sites for hydroxylation is 2. The van der Waals surface area contributed by atoms with E-state index in [9.17, 15) is 14.4 Å². The molecule has 11 heteroatoms. The lowest BCUT2D eigenvalue weighted by molar-refractivity contribution is 0.102. The molecule has 4 aromatic rings. The number of likely N-dealkylation sites (tertiary alicyclic amines) is 1. The van der Waals surface area contributed by atoms with E-state index in [0.717, 1.165) is 41.8 Å². The molecule has 43 heavy (non-hydrogen) atoms. The van der Waals surface area contributed by atoms with Gasteiger partial charge in [0.25, 0.3) is 11.5 Å². The summed E-state index contributed by atoms with van der Waals surface area (Å²) >= 11 is 13.9. The van der Waals surface area contributed by atoms with Gasteiger partial charge >= 0.3 is 5.69 Å². The molecule has 0 radical (unpaired) electrons. The Bertz CT molecular complexity index is 1880. The van der Waals surface area contributed by atoms with Crippen LogP contribution in [-0.2, 0) is 20.5 Å². The van der Waals surface area contributed by atoms with Gasteiger partial charge in [-0.3, -0.25) is 19.1 Å². The average molecular weight is 621 g/mol. The van der Waals surface area contributed by atoms with E-state index in [0.29, 0.717) is 33.8 Å². The Hall–Kier alpha value is -3.92. The first kappa shape index (κ1) is 29.2. The highest BCUT2D eigenvalue weighted by Gasteiger charge is 2.34. The average Bonchev–Trinajstić information content (AvgIpc) is 3.69. The molecule has 1 aliphatic heterocycles. The van der Waals surface area contributed by atoms with Crippen LogP contribution in [0.5, 0.6) is 5.88 Å². The zero-order valence-corrected chi connectivity index (χ0v) is 25.6. The fourth-order valence-electron chi connectivity index (χ4n) is 6.22. The molecule has 1 saturated heterocycles. The van der Waals surface area contributed by atoms with Crippen LogP contribution < -0.4 is 21.3 Å². The molecule has 1 atom stereocenters. The number of ether oxygens (including phenoxy) is 1. The van der Waals surface area contributed by atoms with Gasteiger partial charge < -0.3 is 14.6 Å². The molecule has 0 bridgehead atoms. The van der Waals surface area contributed by atoms with Crippen molar-refractivity contribution < 1.29 is 9.53 Å². The maximum absolute atomic E-state index is 13.1. The number of fused-ring (bicyclic) bond motifs is 1. The highest BCUT2D eigenvalue weighted by molar-refractivity contribution is 6.39. The number of nitrogens with one attached hydrogen (secondary N) is 1. The van der Waals surface area contributed by atoms with Crippen LogP contribution in [-0.4, -0.2) is 45.1 Å². The van der Waals surface area contributed by atoms with Crippen molar-refractivity contribution in [3.63, 3.8) is 0 Å². The molecule has 1 aliphatic carbocycles. The topological polar surface area (TPSA) is 98.5 Å². The first-order valence-electron chi connectivity index (χ1n) is 14.2. The zero-order chi connectivity index (χ0) is 30.4. The third-order valence-corrected chi connectivity index (χ3v) is 9.22. The van der Waals surface area contributed by atoms with E-state index in [2.05, 4.69) is 16.3 Å². The van der Waals surface area contributed by atoms with Crippen LogP contribution in [0.3, 0.4) is 0 Å². The molecule has 1 N–H and O–H groups in total. The van der Waals surface area contributed by atoms with Gasteiger partial charge in [-0.1, -0.05) is 53.5 Å². The molecule has 1 amide bonds. The normalized spacial score (nSPS) is 16.3. The van der Waals surface area contributed by atoms with Gasteiger partial charge in [0.2, 0.25) is 5.88 Å². The number of hydrogen-bond donors (Lipinski definition) is 1. The summed E-state index contributed by atoms with van der Waals surface area (Å²) in [5, 5.41) is 3.43. The third kappa shape index (κ3) is 5.15. The van der Waals surface area contributed by atoms with Gasteiger partial charge in [-0.15, -0.1) is 0 Å². The molecule has 2 aromatic carbocycles. The van der Waals surface area contributed by atoms with Crippen molar-refractivity contribution in [3.8, 4) is 28.3 Å². The maximum atomic E-state index is 13.1. The van der Waals surface area contributed by atoms with Crippen molar-refractivity contribution in [1.29, 1.82) is 0 Å². The number of anilines is 1. The highest BCUT2D eigenvalue weighted by Crippen LogP contribution is 2.46. The molecule has 222 valence electrons. The van der Waals surface area contributed by atoms with Crippen molar-refractivity contribution in [2.75, 3.05) is 25.5 Å². The number of aromatic nitrogens is 3. The second kappa shape index (κ2) is 11.6. The van der Waals surface area contributed by atoms with E-state index in [1.54, 1.807) is 19.2 Å². The highest BCUT2D eigenvalue weighted by atomic mass is 35.5. The molecule has 3 heterocycles. The van der Waals surface area contributed by atoms with Gasteiger partial charge in [0.05, 0.1) is 28.5 Å². The molecule has 0 spiro atoms. The molecular weight excluding hydrogens is 589 g/mol. The Morgan fingerprint density at radius 1 is 1.00 bits per heavy atom. The summed E-state index contributed by atoms with van der Waals surface area (Å²) in [5.74, 6) is -0.0487. The lowest BCUT2D eigenvalue weighted by Gasteiger charge is -2.25. The summed E-state index contributed by atoms with van der Waals surface area (Å²) in [6.07, 6.45) is 5.65. The molecule has 2 aliphatic rings. The Morgan fingerprint density at radius 2 is 1.67 bits per heavy atom. The molecular formula is C32H31Cl2N5O4. The van der Waals surface area contributed by atoms with Gasteiger partial charge in [-0.05, 0) is 56.5 Å². The number of nitrogens with zero attached hydrogens (tertiary/aromatic N) is 4. The number of halogens is 2. The molecule has 0 unspecified atom stereocenters. The number of carbonyl (C=O) groups is 1. The Labute approximate surface area is 258 Å². The van der Waals surface area contributed by atoms with Crippen LogP contribution in [0, 0.1) is 0 Å². The van der Waals surface area contributed by atoms with Crippen molar-refractivity contribution in [3.05, 3.63) is 96.2 Å². The van der Waals surface area contributed by atoms with Gasteiger partial charge in [0.1, 0.15) is 5.56 Å². The molecule has 0 saturated carbocycles. The SMILES string of the molecule is COc1nc(-c2cccc(-c3cccc(NC(=O)c4cn(C)c(=O)n(C)c4=O)c3Cl)c2Cl)cc2c1[C@@H](N1CCCC1)CC2. The van der Waals surface area contributed by atoms with E-state index in [4.69, 9.17) is 32.9 Å². The number of carbonyl (C=O) groups excluding carboxylic acids is 1. The third-order valence-electron chi connectivity index (χ3n) is 8.41. The predicted octanol–water partition coefficient (Wildman–Crippen LogP) is 5.46. The Balaban J connectivity index is 1.35. The summed E-state index contributed by atoms with van der Waals surface area (Å²) in [4.78, 5) is 45.2. The summed E-state index contributed by atoms with van der Waals surface area (Å²) in [7, 11) is 4.45. The second-order valence-corrected chi connectivity index (χ2v) is 11.7. The minimum Gasteiger partial charge on any atom is -0.481 e. The van der Waals surface area contributed by atoms with Crippen molar-refractivity contribution in [2.24, 2.45) is 14.1 Å². The molecule has 1 fully saturated rings. The lowest BCUT2D eigenvalue weighted by Crippen LogP contribution is -2.40. The Morgan fingerprint density at radius 3 is 2.40 bits per heavy atom. The molecule has 2 aromatic heterocycles. The largest absolute Gasteiger partial charge is 0.481 e. The lowest BCUT2D eigenvalue weighted by atomic mass is 9.99. The fourth-order valence-corrected chi connectivity index (χ4v) is 6.82. The van der Waals surface area contributed by atoms with E-state index in [1.807, 2.05) is 24.3 Å². The first-order valence-corrected chi connectivity index (χ1v) is 14.9. The smallest absolute Gasteiger partial charge is 0.330 e. The van der Waals surface area contributed by atoms with Crippen LogP contribution in [0.15, 0.2) is 58.3 Å². The monoisotopic (exact) mass is 619 g/mol. The maximum Gasteiger partial charge on any atom is 0.330 e. The van der Waals surface area contributed by atoms with E-state index < -0.39 is 17.2 Å². The van der Waals surface area contributed by atoms with E-state index in [-0.39, 0.29) is 10.6 Å². The predicted molar refractivity (Wildman–Crippen MR) is 168 cm³/mol. The number of pyridine rings is 1. The standard InChI is InChI=1S/C32H31Cl2N5O4/c1-37-17-22(31(41)38(2)32(37)42)29(40)35-23-11-7-9-20(28(23)34)19-8-6-10-21(27(19)33)24-16-18-12-13-25(39-14-4-5-15-39)26(18)30(36-24)43-3/h6-11,16-17,25H,4-5,12-15H2,1-3H3,(H,35,40)/t25-/m0/s1. The van der Waals surface area contributed by atoms with Gasteiger partial charge in [-0.25, -0.2) is 9.78 Å². The second-order valence-electron chi connectivity index (χ2n) is 11.0. The van der Waals surface area contributed by atoms with Gasteiger partial charge in [0.15, 0.2) is 0 Å². The quantitative estimate of drug-likeness (QED) is 0.308. The number of amides is 1. The van der Waals surface area contributed by atoms with Crippen molar-refractivity contribution >= 4 is 34.8 Å².